The first kappa shape index (κ1) is 11.3. The summed E-state index contributed by atoms with van der Waals surface area (Å²) in [4.78, 5) is 23.1. The molecule has 82 valence electrons. The van der Waals surface area contributed by atoms with Crippen LogP contribution in [0.4, 0.5) is 13.2 Å². The zero-order valence-electron chi connectivity index (χ0n) is 7.39. The Morgan fingerprint density at radius 2 is 2.00 bits per heavy atom. The van der Waals surface area contributed by atoms with Crippen molar-refractivity contribution in [3.8, 4) is 0 Å². The number of nitrogens with two attached hydrogens (primary N) is 1. The van der Waals surface area contributed by atoms with E-state index in [-0.39, 0.29) is 12.0 Å². The van der Waals surface area contributed by atoms with Gasteiger partial charge >= 0.3 is 6.18 Å². The van der Waals surface area contributed by atoms with E-state index in [0.717, 1.165) is 6.07 Å². The highest BCUT2D eigenvalue weighted by molar-refractivity contribution is 5.76. The minimum atomic E-state index is -4.61. The van der Waals surface area contributed by atoms with E-state index in [1.54, 1.807) is 4.98 Å². The van der Waals surface area contributed by atoms with Crippen LogP contribution in [0.5, 0.6) is 0 Å². The molecule has 4 nitrogen and oxygen atoms in total. The Morgan fingerprint density at radius 3 is 2.40 bits per heavy atom. The van der Waals surface area contributed by atoms with Crippen LogP contribution in [0.25, 0.3) is 0 Å². The number of carbonyl (C=O) groups is 1. The Hall–Kier alpha value is -1.79. The van der Waals surface area contributed by atoms with Crippen LogP contribution in [0.1, 0.15) is 11.3 Å². The van der Waals surface area contributed by atoms with Crippen molar-refractivity contribution in [1.82, 2.24) is 4.98 Å². The fourth-order valence-electron chi connectivity index (χ4n) is 0.996. The van der Waals surface area contributed by atoms with Crippen molar-refractivity contribution in [1.29, 1.82) is 0 Å². The number of alkyl halides is 3. The van der Waals surface area contributed by atoms with Gasteiger partial charge in [0.15, 0.2) is 0 Å². The van der Waals surface area contributed by atoms with Crippen molar-refractivity contribution in [2.24, 2.45) is 5.73 Å². The van der Waals surface area contributed by atoms with Crippen LogP contribution in [-0.2, 0) is 17.4 Å². The van der Waals surface area contributed by atoms with Gasteiger partial charge in [-0.15, -0.1) is 0 Å². The summed E-state index contributed by atoms with van der Waals surface area (Å²) in [5.41, 5.74) is 2.61. The Labute approximate surface area is 81.9 Å². The van der Waals surface area contributed by atoms with Gasteiger partial charge in [-0.05, 0) is 6.07 Å². The molecule has 0 bridgehead atoms. The number of rotatable bonds is 2. The van der Waals surface area contributed by atoms with Crippen LogP contribution in [0.3, 0.4) is 0 Å². The standard InChI is InChI=1S/C8H7F3N2O2/c9-8(10,11)5-2-1-4(3-6(12)14)7(15)13-5/h1-2H,3H2,(H2,12,14)(H,13,15). The van der Waals surface area contributed by atoms with Gasteiger partial charge in [0.1, 0.15) is 5.69 Å². The summed E-state index contributed by atoms with van der Waals surface area (Å²) in [7, 11) is 0. The molecule has 3 N–H and O–H groups in total. The summed E-state index contributed by atoms with van der Waals surface area (Å²) in [6, 6.07) is 1.63. The second-order valence-corrected chi connectivity index (χ2v) is 2.87. The molecule has 0 radical (unpaired) electrons. The van der Waals surface area contributed by atoms with Gasteiger partial charge in [-0.2, -0.15) is 13.2 Å². The highest BCUT2D eigenvalue weighted by Gasteiger charge is 2.31. The fraction of sp³-hybridized carbons (Fsp3) is 0.250. The second-order valence-electron chi connectivity index (χ2n) is 2.87. The van der Waals surface area contributed by atoms with Crippen LogP contribution >= 0.6 is 0 Å². The Bertz CT molecular complexity index is 436. The summed E-state index contributed by atoms with van der Waals surface area (Å²) < 4.78 is 36.3. The zero-order chi connectivity index (χ0) is 11.6. The number of hydrogen-bond acceptors (Lipinski definition) is 2. The van der Waals surface area contributed by atoms with E-state index in [1.165, 1.54) is 0 Å². The van der Waals surface area contributed by atoms with E-state index in [1.807, 2.05) is 0 Å². The summed E-state index contributed by atoms with van der Waals surface area (Å²) in [6.07, 6.45) is -4.99. The van der Waals surface area contributed by atoms with Gasteiger partial charge in [0.05, 0.1) is 6.42 Å². The Morgan fingerprint density at radius 1 is 1.40 bits per heavy atom. The van der Waals surface area contributed by atoms with Crippen molar-refractivity contribution < 1.29 is 18.0 Å². The SMILES string of the molecule is NC(=O)Cc1ccc(C(F)(F)F)[nH]c1=O. The maximum absolute atomic E-state index is 12.1. The average Bonchev–Trinajstić information content (AvgIpc) is 2.05. The van der Waals surface area contributed by atoms with Gasteiger partial charge < -0.3 is 10.7 Å². The van der Waals surface area contributed by atoms with Gasteiger partial charge in [0.25, 0.3) is 5.56 Å². The average molecular weight is 220 g/mol. The molecule has 1 rings (SSSR count). The summed E-state index contributed by atoms with van der Waals surface area (Å²) in [5.74, 6) is -0.778. The number of halogens is 3. The molecule has 0 spiro atoms. The molecule has 0 aliphatic rings. The van der Waals surface area contributed by atoms with Crippen LogP contribution < -0.4 is 11.3 Å². The molecule has 0 atom stereocenters. The third kappa shape index (κ3) is 2.83. The first-order chi connectivity index (χ1) is 6.80. The smallest absolute Gasteiger partial charge is 0.369 e. The third-order valence-electron chi connectivity index (χ3n) is 1.66. The van der Waals surface area contributed by atoms with Crippen molar-refractivity contribution >= 4 is 5.91 Å². The molecular weight excluding hydrogens is 213 g/mol. The number of hydrogen-bond donors (Lipinski definition) is 2. The normalized spacial score (nSPS) is 11.4. The summed E-state index contributed by atoms with van der Waals surface area (Å²) in [6.45, 7) is 0. The highest BCUT2D eigenvalue weighted by atomic mass is 19.4. The van der Waals surface area contributed by atoms with E-state index in [9.17, 15) is 22.8 Å². The van der Waals surface area contributed by atoms with E-state index in [0.29, 0.717) is 6.07 Å². The molecule has 0 aliphatic heterocycles. The zero-order valence-corrected chi connectivity index (χ0v) is 7.39. The predicted octanol–water partition coefficient (Wildman–Crippen LogP) is 0.422. The van der Waals surface area contributed by atoms with Gasteiger partial charge in [-0.3, -0.25) is 9.59 Å². The van der Waals surface area contributed by atoms with Crippen molar-refractivity contribution in [2.75, 3.05) is 0 Å². The maximum Gasteiger partial charge on any atom is 0.431 e. The molecule has 7 heteroatoms. The molecule has 0 aromatic carbocycles. The molecule has 0 saturated carbocycles. The third-order valence-corrected chi connectivity index (χ3v) is 1.66. The number of amides is 1. The quantitative estimate of drug-likeness (QED) is 0.757. The topological polar surface area (TPSA) is 76.0 Å². The number of nitrogens with one attached hydrogen (secondary N) is 1. The number of H-pyrrole nitrogens is 1. The number of carbonyl (C=O) groups excluding carboxylic acids is 1. The summed E-state index contributed by atoms with van der Waals surface area (Å²) in [5, 5.41) is 0. The number of aromatic nitrogens is 1. The molecule has 0 saturated heterocycles. The Kier molecular flexibility index (Phi) is 2.83. The summed E-state index contributed by atoms with van der Waals surface area (Å²) >= 11 is 0. The van der Waals surface area contributed by atoms with E-state index in [2.05, 4.69) is 0 Å². The monoisotopic (exact) mass is 220 g/mol. The second kappa shape index (κ2) is 3.76. The van der Waals surface area contributed by atoms with Crippen LogP contribution in [0.15, 0.2) is 16.9 Å². The highest BCUT2D eigenvalue weighted by Crippen LogP contribution is 2.26. The van der Waals surface area contributed by atoms with Crippen molar-refractivity contribution in [3.63, 3.8) is 0 Å². The predicted molar refractivity (Wildman–Crippen MR) is 45.0 cm³/mol. The minimum Gasteiger partial charge on any atom is -0.369 e. The fourth-order valence-corrected chi connectivity index (χ4v) is 0.996. The lowest BCUT2D eigenvalue weighted by Crippen LogP contribution is -2.23. The maximum atomic E-state index is 12.1. The van der Waals surface area contributed by atoms with Gasteiger partial charge in [-0.1, -0.05) is 6.07 Å². The lowest BCUT2D eigenvalue weighted by atomic mass is 10.2. The van der Waals surface area contributed by atoms with E-state index < -0.39 is 23.3 Å². The molecule has 15 heavy (non-hydrogen) atoms. The molecular formula is C8H7F3N2O2. The van der Waals surface area contributed by atoms with E-state index in [4.69, 9.17) is 5.73 Å². The van der Waals surface area contributed by atoms with Crippen LogP contribution in [-0.4, -0.2) is 10.9 Å². The van der Waals surface area contributed by atoms with Crippen LogP contribution in [0.2, 0.25) is 0 Å². The number of aromatic amines is 1. The van der Waals surface area contributed by atoms with Crippen molar-refractivity contribution in [2.45, 2.75) is 12.6 Å². The molecule has 1 amide bonds. The molecule has 0 aliphatic carbocycles. The Balaban J connectivity index is 3.09. The lowest BCUT2D eigenvalue weighted by Gasteiger charge is -2.06. The van der Waals surface area contributed by atoms with Gasteiger partial charge in [-0.25, -0.2) is 0 Å². The first-order valence-corrected chi connectivity index (χ1v) is 3.88. The number of pyridine rings is 1. The first-order valence-electron chi connectivity index (χ1n) is 3.88. The van der Waals surface area contributed by atoms with Crippen molar-refractivity contribution in [3.05, 3.63) is 33.7 Å². The van der Waals surface area contributed by atoms with E-state index >= 15 is 0 Å². The number of primary amides is 1. The molecule has 0 fully saturated rings. The minimum absolute atomic E-state index is 0.0875. The lowest BCUT2D eigenvalue weighted by molar-refractivity contribution is -0.141. The molecule has 0 unspecified atom stereocenters. The molecule has 1 heterocycles. The molecule has 1 aromatic rings. The van der Waals surface area contributed by atoms with Gasteiger partial charge in [0.2, 0.25) is 5.91 Å². The largest absolute Gasteiger partial charge is 0.431 e. The van der Waals surface area contributed by atoms with Gasteiger partial charge in [0, 0.05) is 5.56 Å². The molecule has 1 aromatic heterocycles. The van der Waals surface area contributed by atoms with Crippen LogP contribution in [0, 0.1) is 0 Å².